The van der Waals surface area contributed by atoms with Gasteiger partial charge >= 0.3 is 0 Å². The standard InChI is InChI=1S/C15H23N3O.ClH/c1-3-17(4-2)14-7-5-13(6-8-14)15(19)18-11-9-16-10-12-18;/h5-8,16H,3-4,9-12H2,1-2H3;1H. The van der Waals surface area contributed by atoms with Gasteiger partial charge in [0.15, 0.2) is 0 Å². The maximum Gasteiger partial charge on any atom is 0.253 e. The van der Waals surface area contributed by atoms with Crippen molar-refractivity contribution in [3.8, 4) is 0 Å². The first-order chi connectivity index (χ1) is 9.26. The van der Waals surface area contributed by atoms with Crippen LogP contribution in [-0.4, -0.2) is 50.1 Å². The molecule has 1 aromatic carbocycles. The second kappa shape index (κ2) is 8.12. The Morgan fingerprint density at radius 1 is 1.15 bits per heavy atom. The predicted octanol–water partition coefficient (Wildman–Crippen LogP) is 2.00. The quantitative estimate of drug-likeness (QED) is 0.923. The van der Waals surface area contributed by atoms with Crippen molar-refractivity contribution >= 4 is 24.0 Å². The first kappa shape index (κ1) is 16.8. The lowest BCUT2D eigenvalue weighted by atomic mass is 10.1. The summed E-state index contributed by atoms with van der Waals surface area (Å²) in [5.41, 5.74) is 1.97. The molecular weight excluding hydrogens is 274 g/mol. The van der Waals surface area contributed by atoms with Crippen molar-refractivity contribution in [2.24, 2.45) is 0 Å². The third-order valence-corrected chi connectivity index (χ3v) is 3.65. The van der Waals surface area contributed by atoms with Crippen LogP contribution in [0.5, 0.6) is 0 Å². The molecule has 0 unspecified atom stereocenters. The number of hydrogen-bond acceptors (Lipinski definition) is 3. The minimum atomic E-state index is 0. The van der Waals surface area contributed by atoms with Gasteiger partial charge in [-0.3, -0.25) is 4.79 Å². The van der Waals surface area contributed by atoms with Crippen LogP contribution in [0.15, 0.2) is 24.3 Å². The number of nitrogens with one attached hydrogen (secondary N) is 1. The van der Waals surface area contributed by atoms with E-state index in [1.54, 1.807) is 0 Å². The molecular formula is C15H24ClN3O. The van der Waals surface area contributed by atoms with Gasteiger partial charge < -0.3 is 15.1 Å². The van der Waals surface area contributed by atoms with E-state index in [9.17, 15) is 4.79 Å². The number of anilines is 1. The molecule has 0 aliphatic carbocycles. The topological polar surface area (TPSA) is 35.6 Å². The van der Waals surface area contributed by atoms with Crippen LogP contribution in [0.3, 0.4) is 0 Å². The molecule has 1 aromatic rings. The van der Waals surface area contributed by atoms with E-state index in [0.29, 0.717) is 0 Å². The molecule has 2 rings (SSSR count). The number of rotatable bonds is 4. The zero-order valence-electron chi connectivity index (χ0n) is 12.3. The van der Waals surface area contributed by atoms with E-state index in [0.717, 1.165) is 44.8 Å². The van der Waals surface area contributed by atoms with Gasteiger partial charge in [-0.15, -0.1) is 12.4 Å². The molecule has 0 radical (unpaired) electrons. The molecule has 1 saturated heterocycles. The molecule has 1 heterocycles. The Morgan fingerprint density at radius 2 is 1.70 bits per heavy atom. The van der Waals surface area contributed by atoms with Crippen LogP contribution in [0.2, 0.25) is 0 Å². The van der Waals surface area contributed by atoms with Crippen LogP contribution in [-0.2, 0) is 0 Å². The minimum absolute atomic E-state index is 0. The van der Waals surface area contributed by atoms with E-state index in [4.69, 9.17) is 0 Å². The molecule has 1 N–H and O–H groups in total. The summed E-state index contributed by atoms with van der Waals surface area (Å²) in [4.78, 5) is 16.5. The molecule has 0 spiro atoms. The van der Waals surface area contributed by atoms with E-state index in [1.807, 2.05) is 29.2 Å². The molecule has 1 aliphatic rings. The fourth-order valence-corrected chi connectivity index (χ4v) is 2.45. The van der Waals surface area contributed by atoms with Crippen LogP contribution in [0.25, 0.3) is 0 Å². The van der Waals surface area contributed by atoms with Crippen molar-refractivity contribution in [1.82, 2.24) is 10.2 Å². The monoisotopic (exact) mass is 297 g/mol. The van der Waals surface area contributed by atoms with Gasteiger partial charge in [-0.05, 0) is 38.1 Å². The summed E-state index contributed by atoms with van der Waals surface area (Å²) in [7, 11) is 0. The van der Waals surface area contributed by atoms with Crippen molar-refractivity contribution < 1.29 is 4.79 Å². The molecule has 112 valence electrons. The second-order valence-corrected chi connectivity index (χ2v) is 4.76. The molecule has 20 heavy (non-hydrogen) atoms. The molecule has 4 nitrogen and oxygen atoms in total. The summed E-state index contributed by atoms with van der Waals surface area (Å²) in [6.07, 6.45) is 0. The number of amides is 1. The fourth-order valence-electron chi connectivity index (χ4n) is 2.45. The number of piperazine rings is 1. The number of carbonyl (C=O) groups excluding carboxylic acids is 1. The Kier molecular flexibility index (Phi) is 6.82. The van der Waals surface area contributed by atoms with Crippen molar-refractivity contribution in [3.05, 3.63) is 29.8 Å². The zero-order chi connectivity index (χ0) is 13.7. The highest BCUT2D eigenvalue weighted by Gasteiger charge is 2.17. The number of halogens is 1. The third-order valence-electron chi connectivity index (χ3n) is 3.65. The van der Waals surface area contributed by atoms with Crippen LogP contribution >= 0.6 is 12.4 Å². The summed E-state index contributed by atoms with van der Waals surface area (Å²) in [6.45, 7) is 9.65. The minimum Gasteiger partial charge on any atom is -0.372 e. The van der Waals surface area contributed by atoms with Gasteiger partial charge in [-0.25, -0.2) is 0 Å². The normalized spacial score (nSPS) is 14.6. The largest absolute Gasteiger partial charge is 0.372 e. The first-order valence-corrected chi connectivity index (χ1v) is 7.11. The highest BCUT2D eigenvalue weighted by atomic mass is 35.5. The Labute approximate surface area is 127 Å². The van der Waals surface area contributed by atoms with Crippen LogP contribution in [0, 0.1) is 0 Å². The Hall–Kier alpha value is -1.26. The van der Waals surface area contributed by atoms with Crippen LogP contribution in [0.1, 0.15) is 24.2 Å². The third kappa shape index (κ3) is 3.87. The molecule has 0 aromatic heterocycles. The fraction of sp³-hybridized carbons (Fsp3) is 0.533. The van der Waals surface area contributed by atoms with Crippen molar-refractivity contribution in [3.63, 3.8) is 0 Å². The van der Waals surface area contributed by atoms with E-state index in [2.05, 4.69) is 24.1 Å². The lowest BCUT2D eigenvalue weighted by Crippen LogP contribution is -2.46. The number of carbonyl (C=O) groups is 1. The molecule has 1 fully saturated rings. The SMILES string of the molecule is CCN(CC)c1ccc(C(=O)N2CCNCC2)cc1.Cl. The van der Waals surface area contributed by atoms with E-state index >= 15 is 0 Å². The summed E-state index contributed by atoms with van der Waals surface area (Å²) in [5, 5.41) is 3.26. The number of benzene rings is 1. The molecule has 0 saturated carbocycles. The Balaban J connectivity index is 0.00000200. The summed E-state index contributed by atoms with van der Waals surface area (Å²) < 4.78 is 0. The average Bonchev–Trinajstić information content (AvgIpc) is 2.49. The van der Waals surface area contributed by atoms with Gasteiger partial charge in [-0.2, -0.15) is 0 Å². The summed E-state index contributed by atoms with van der Waals surface area (Å²) in [6, 6.07) is 7.97. The number of hydrogen-bond donors (Lipinski definition) is 1. The van der Waals surface area contributed by atoms with Gasteiger partial charge in [0.05, 0.1) is 0 Å². The Bertz CT molecular complexity index is 412. The van der Waals surface area contributed by atoms with E-state index in [-0.39, 0.29) is 18.3 Å². The lowest BCUT2D eigenvalue weighted by Gasteiger charge is -2.27. The highest BCUT2D eigenvalue weighted by molar-refractivity contribution is 5.94. The maximum atomic E-state index is 12.3. The number of nitrogens with zero attached hydrogens (tertiary/aromatic N) is 2. The molecule has 1 amide bonds. The molecule has 0 bridgehead atoms. The maximum absolute atomic E-state index is 12.3. The van der Waals surface area contributed by atoms with Gasteiger partial charge in [0.1, 0.15) is 0 Å². The predicted molar refractivity (Wildman–Crippen MR) is 86.0 cm³/mol. The van der Waals surface area contributed by atoms with E-state index in [1.165, 1.54) is 5.69 Å². The molecule has 5 heteroatoms. The van der Waals surface area contributed by atoms with Gasteiger partial charge in [-0.1, -0.05) is 0 Å². The zero-order valence-corrected chi connectivity index (χ0v) is 13.1. The second-order valence-electron chi connectivity index (χ2n) is 4.76. The molecule has 0 atom stereocenters. The van der Waals surface area contributed by atoms with Gasteiger partial charge in [0.2, 0.25) is 0 Å². The average molecular weight is 298 g/mol. The molecule has 1 aliphatic heterocycles. The van der Waals surface area contributed by atoms with Gasteiger partial charge in [0, 0.05) is 50.5 Å². The van der Waals surface area contributed by atoms with Gasteiger partial charge in [0.25, 0.3) is 5.91 Å². The smallest absolute Gasteiger partial charge is 0.253 e. The van der Waals surface area contributed by atoms with Crippen LogP contribution < -0.4 is 10.2 Å². The summed E-state index contributed by atoms with van der Waals surface area (Å²) in [5.74, 6) is 0.146. The van der Waals surface area contributed by atoms with Crippen molar-refractivity contribution in [1.29, 1.82) is 0 Å². The lowest BCUT2D eigenvalue weighted by molar-refractivity contribution is 0.0736. The first-order valence-electron chi connectivity index (χ1n) is 7.11. The van der Waals surface area contributed by atoms with E-state index < -0.39 is 0 Å². The highest BCUT2D eigenvalue weighted by Crippen LogP contribution is 2.16. The van der Waals surface area contributed by atoms with Crippen molar-refractivity contribution in [2.75, 3.05) is 44.2 Å². The Morgan fingerprint density at radius 3 is 2.20 bits per heavy atom. The summed E-state index contributed by atoms with van der Waals surface area (Å²) >= 11 is 0. The van der Waals surface area contributed by atoms with Crippen LogP contribution in [0.4, 0.5) is 5.69 Å². The van der Waals surface area contributed by atoms with Crippen molar-refractivity contribution in [2.45, 2.75) is 13.8 Å².